The lowest BCUT2D eigenvalue weighted by Gasteiger charge is -1.84. The standard InChI is InChI=1S/C4H9NO.2C2H6/c1-4(2)3-6-5;2*1-2/h3H,5H2,1-2H3;2*1-2H3. The average molecular weight is 147 g/mol. The molecule has 0 aromatic heterocycles. The van der Waals surface area contributed by atoms with Crippen molar-refractivity contribution in [2.45, 2.75) is 41.5 Å². The lowest BCUT2D eigenvalue weighted by molar-refractivity contribution is 0.258. The summed E-state index contributed by atoms with van der Waals surface area (Å²) in [5, 5.41) is 0. The summed E-state index contributed by atoms with van der Waals surface area (Å²) >= 11 is 0. The van der Waals surface area contributed by atoms with Crippen LogP contribution in [0.1, 0.15) is 41.5 Å². The van der Waals surface area contributed by atoms with Gasteiger partial charge in [-0.25, -0.2) is 0 Å². The van der Waals surface area contributed by atoms with Crippen LogP contribution in [0.25, 0.3) is 0 Å². The summed E-state index contributed by atoms with van der Waals surface area (Å²) in [7, 11) is 0. The van der Waals surface area contributed by atoms with E-state index in [-0.39, 0.29) is 0 Å². The Morgan fingerprint density at radius 1 is 1.10 bits per heavy atom. The van der Waals surface area contributed by atoms with Crippen molar-refractivity contribution < 1.29 is 4.84 Å². The molecule has 0 aromatic carbocycles. The van der Waals surface area contributed by atoms with Crippen LogP contribution in [-0.4, -0.2) is 0 Å². The molecule has 0 fully saturated rings. The normalized spacial score (nSPS) is 5.50. The fourth-order valence-corrected chi connectivity index (χ4v) is 0.136. The first kappa shape index (κ1) is 16.2. The zero-order chi connectivity index (χ0) is 8.99. The summed E-state index contributed by atoms with van der Waals surface area (Å²) < 4.78 is 0. The van der Waals surface area contributed by atoms with Gasteiger partial charge in [-0.15, -0.1) is 0 Å². The Labute approximate surface area is 65.0 Å². The highest BCUT2D eigenvalue weighted by atomic mass is 16.6. The molecule has 0 radical (unpaired) electrons. The minimum atomic E-state index is 1.07. The fraction of sp³-hybridized carbons (Fsp3) is 0.750. The molecular weight excluding hydrogens is 126 g/mol. The molecule has 0 aliphatic rings. The summed E-state index contributed by atoms with van der Waals surface area (Å²) in [6, 6.07) is 0. The number of hydrogen-bond donors (Lipinski definition) is 1. The first-order valence-corrected chi connectivity index (χ1v) is 3.76. The number of rotatable bonds is 1. The predicted octanol–water partition coefficient (Wildman–Crippen LogP) is 2.85. The van der Waals surface area contributed by atoms with E-state index in [2.05, 4.69) is 10.7 Å². The molecule has 0 aliphatic carbocycles. The van der Waals surface area contributed by atoms with E-state index in [1.807, 2.05) is 41.5 Å². The molecule has 2 heteroatoms. The van der Waals surface area contributed by atoms with Gasteiger partial charge in [-0.2, -0.15) is 5.90 Å². The van der Waals surface area contributed by atoms with Gasteiger partial charge in [-0.05, 0) is 19.4 Å². The van der Waals surface area contributed by atoms with E-state index in [9.17, 15) is 0 Å². The van der Waals surface area contributed by atoms with Gasteiger partial charge in [0.15, 0.2) is 0 Å². The molecule has 0 rings (SSSR count). The minimum Gasteiger partial charge on any atom is -0.419 e. The number of hydrogen-bond acceptors (Lipinski definition) is 2. The van der Waals surface area contributed by atoms with Crippen molar-refractivity contribution in [2.75, 3.05) is 0 Å². The Morgan fingerprint density at radius 2 is 1.40 bits per heavy atom. The van der Waals surface area contributed by atoms with Crippen LogP contribution < -0.4 is 5.90 Å². The van der Waals surface area contributed by atoms with Crippen molar-refractivity contribution in [2.24, 2.45) is 5.90 Å². The Balaban J connectivity index is -0.000000105. The zero-order valence-corrected chi connectivity index (χ0v) is 8.06. The zero-order valence-electron chi connectivity index (χ0n) is 8.06. The van der Waals surface area contributed by atoms with E-state index in [1.165, 1.54) is 6.26 Å². The number of allylic oxidation sites excluding steroid dienone is 1. The average Bonchev–Trinajstić information content (AvgIpc) is 1.96. The molecular formula is C8H21NO. The molecule has 0 unspecified atom stereocenters. The highest BCUT2D eigenvalue weighted by Crippen LogP contribution is 1.83. The molecule has 0 saturated carbocycles. The first-order chi connectivity index (χ1) is 4.77. The summed E-state index contributed by atoms with van der Waals surface area (Å²) in [6.07, 6.45) is 1.49. The Kier molecular flexibility index (Phi) is 38.4. The lowest BCUT2D eigenvalue weighted by Crippen LogP contribution is -1.88. The van der Waals surface area contributed by atoms with E-state index >= 15 is 0 Å². The van der Waals surface area contributed by atoms with E-state index in [0.29, 0.717) is 0 Å². The third kappa shape index (κ3) is 50.7. The summed E-state index contributed by atoms with van der Waals surface area (Å²) in [5.41, 5.74) is 1.07. The molecule has 0 bridgehead atoms. The molecule has 0 spiro atoms. The Morgan fingerprint density at radius 3 is 1.40 bits per heavy atom. The van der Waals surface area contributed by atoms with Crippen molar-refractivity contribution in [3.8, 4) is 0 Å². The van der Waals surface area contributed by atoms with Crippen molar-refractivity contribution in [3.63, 3.8) is 0 Å². The van der Waals surface area contributed by atoms with Crippen molar-refractivity contribution in [3.05, 3.63) is 11.8 Å². The van der Waals surface area contributed by atoms with Crippen LogP contribution in [0.2, 0.25) is 0 Å². The van der Waals surface area contributed by atoms with E-state index in [0.717, 1.165) is 5.57 Å². The quantitative estimate of drug-likeness (QED) is 0.457. The largest absolute Gasteiger partial charge is 0.419 e. The van der Waals surface area contributed by atoms with Gasteiger partial charge in [-0.1, -0.05) is 27.7 Å². The van der Waals surface area contributed by atoms with Gasteiger partial charge in [0.1, 0.15) is 6.26 Å². The molecule has 0 saturated heterocycles. The van der Waals surface area contributed by atoms with Crippen molar-refractivity contribution in [1.82, 2.24) is 0 Å². The van der Waals surface area contributed by atoms with Gasteiger partial charge in [0, 0.05) is 0 Å². The van der Waals surface area contributed by atoms with E-state index < -0.39 is 0 Å². The molecule has 10 heavy (non-hydrogen) atoms. The molecule has 2 N–H and O–H groups in total. The maximum Gasteiger partial charge on any atom is 0.109 e. The highest BCUT2D eigenvalue weighted by molar-refractivity contribution is 4.85. The second kappa shape index (κ2) is 23.6. The predicted molar refractivity (Wildman–Crippen MR) is 47.4 cm³/mol. The van der Waals surface area contributed by atoms with Crippen LogP contribution in [0.3, 0.4) is 0 Å². The van der Waals surface area contributed by atoms with E-state index in [1.54, 1.807) is 0 Å². The lowest BCUT2D eigenvalue weighted by atomic mass is 10.4. The third-order valence-electron chi connectivity index (χ3n) is 0.304. The topological polar surface area (TPSA) is 35.2 Å². The summed E-state index contributed by atoms with van der Waals surface area (Å²) in [6.45, 7) is 11.8. The van der Waals surface area contributed by atoms with Gasteiger partial charge >= 0.3 is 0 Å². The third-order valence-corrected chi connectivity index (χ3v) is 0.304. The van der Waals surface area contributed by atoms with Crippen LogP contribution in [0, 0.1) is 0 Å². The van der Waals surface area contributed by atoms with Crippen LogP contribution >= 0.6 is 0 Å². The molecule has 0 amide bonds. The maximum absolute atomic E-state index is 4.65. The molecule has 0 aliphatic heterocycles. The van der Waals surface area contributed by atoms with Crippen molar-refractivity contribution >= 4 is 0 Å². The summed E-state index contributed by atoms with van der Waals surface area (Å²) in [5.74, 6) is 4.65. The molecule has 0 atom stereocenters. The van der Waals surface area contributed by atoms with Crippen LogP contribution in [0.5, 0.6) is 0 Å². The van der Waals surface area contributed by atoms with Crippen LogP contribution in [0.4, 0.5) is 0 Å². The van der Waals surface area contributed by atoms with Crippen molar-refractivity contribution in [1.29, 1.82) is 0 Å². The molecule has 2 nitrogen and oxygen atoms in total. The molecule has 64 valence electrons. The van der Waals surface area contributed by atoms with E-state index in [4.69, 9.17) is 0 Å². The van der Waals surface area contributed by atoms with Gasteiger partial charge in [0.2, 0.25) is 0 Å². The Hall–Kier alpha value is -0.500. The fourth-order valence-electron chi connectivity index (χ4n) is 0.136. The Bertz CT molecular complexity index is 56.3. The van der Waals surface area contributed by atoms with Gasteiger partial charge in [0.25, 0.3) is 0 Å². The second-order valence-corrected chi connectivity index (χ2v) is 1.33. The van der Waals surface area contributed by atoms with Gasteiger partial charge in [0.05, 0.1) is 0 Å². The SMILES string of the molecule is CC.CC.CC(C)=CON. The molecule has 0 aromatic rings. The van der Waals surface area contributed by atoms with Gasteiger partial charge in [-0.3, -0.25) is 0 Å². The maximum atomic E-state index is 4.65. The monoisotopic (exact) mass is 147 g/mol. The number of nitrogens with two attached hydrogens (primary N) is 1. The van der Waals surface area contributed by atoms with Crippen LogP contribution in [0.15, 0.2) is 11.8 Å². The van der Waals surface area contributed by atoms with Gasteiger partial charge < -0.3 is 4.84 Å². The van der Waals surface area contributed by atoms with Crippen LogP contribution in [-0.2, 0) is 4.84 Å². The highest BCUT2D eigenvalue weighted by Gasteiger charge is 1.68. The molecule has 0 heterocycles. The summed E-state index contributed by atoms with van der Waals surface area (Å²) in [4.78, 5) is 4.14. The smallest absolute Gasteiger partial charge is 0.109 e. The minimum absolute atomic E-state index is 1.07. The second-order valence-electron chi connectivity index (χ2n) is 1.33. The first-order valence-electron chi connectivity index (χ1n) is 3.76.